The zero-order valence-electron chi connectivity index (χ0n) is 11.3. The number of hydrogen-bond acceptors (Lipinski definition) is 3. The molecule has 3 nitrogen and oxygen atoms in total. The van der Waals surface area contributed by atoms with Gasteiger partial charge < -0.3 is 15.4 Å². The first-order chi connectivity index (χ1) is 8.43. The van der Waals surface area contributed by atoms with Crippen LogP contribution in [0.2, 0.25) is 0 Å². The average molecular weight is 252 g/mol. The minimum atomic E-state index is -0.406. The van der Waals surface area contributed by atoms with Crippen LogP contribution in [0.25, 0.3) is 0 Å². The fourth-order valence-electron chi connectivity index (χ4n) is 2.34. The molecule has 0 unspecified atom stereocenters. The number of piperidine rings is 1. The zero-order valence-corrected chi connectivity index (χ0v) is 11.3. The van der Waals surface area contributed by atoms with Gasteiger partial charge in [-0.25, -0.2) is 4.39 Å². The number of methoxy groups -OCH3 is 1. The third-order valence-electron chi connectivity index (χ3n) is 3.76. The number of hydrogen-bond donors (Lipinski definition) is 1. The Morgan fingerprint density at radius 3 is 2.44 bits per heavy atom. The quantitative estimate of drug-likeness (QED) is 0.822. The standard InChI is InChI=1S/C14H21FN2O/c1-14(2)4-6-17(7-5-14)12-9-13(18-3)10(15)8-11(12)16/h8-9H,4-7,16H2,1-3H3. The van der Waals surface area contributed by atoms with Gasteiger partial charge in [0, 0.05) is 25.2 Å². The molecular weight excluding hydrogens is 231 g/mol. The third-order valence-corrected chi connectivity index (χ3v) is 3.76. The lowest BCUT2D eigenvalue weighted by Gasteiger charge is -2.38. The van der Waals surface area contributed by atoms with E-state index in [2.05, 4.69) is 18.7 Å². The van der Waals surface area contributed by atoms with E-state index in [1.165, 1.54) is 13.2 Å². The van der Waals surface area contributed by atoms with Crippen molar-refractivity contribution in [3.8, 4) is 5.75 Å². The molecule has 0 spiro atoms. The van der Waals surface area contributed by atoms with Gasteiger partial charge in [-0.1, -0.05) is 13.8 Å². The molecule has 2 N–H and O–H groups in total. The molecule has 1 aromatic carbocycles. The first kappa shape index (κ1) is 13.0. The summed E-state index contributed by atoms with van der Waals surface area (Å²) in [5, 5.41) is 0. The number of nitrogens with zero attached hydrogens (tertiary/aromatic N) is 1. The molecule has 1 aromatic rings. The molecule has 4 heteroatoms. The van der Waals surface area contributed by atoms with E-state index in [-0.39, 0.29) is 5.75 Å². The van der Waals surface area contributed by atoms with Crippen molar-refractivity contribution < 1.29 is 9.13 Å². The van der Waals surface area contributed by atoms with Gasteiger partial charge in [-0.2, -0.15) is 0 Å². The fraction of sp³-hybridized carbons (Fsp3) is 0.571. The van der Waals surface area contributed by atoms with Crippen LogP contribution < -0.4 is 15.4 Å². The second-order valence-electron chi connectivity index (χ2n) is 5.70. The van der Waals surface area contributed by atoms with Crippen LogP contribution in [0.4, 0.5) is 15.8 Å². The van der Waals surface area contributed by atoms with Crippen molar-refractivity contribution in [2.45, 2.75) is 26.7 Å². The van der Waals surface area contributed by atoms with Gasteiger partial charge in [0.15, 0.2) is 11.6 Å². The van der Waals surface area contributed by atoms with Crippen LogP contribution in [-0.2, 0) is 0 Å². The molecule has 1 saturated heterocycles. The van der Waals surface area contributed by atoms with Gasteiger partial charge in [0.05, 0.1) is 18.5 Å². The number of anilines is 2. The van der Waals surface area contributed by atoms with Crippen LogP contribution in [-0.4, -0.2) is 20.2 Å². The minimum absolute atomic E-state index is 0.254. The number of nitrogens with two attached hydrogens (primary N) is 1. The van der Waals surface area contributed by atoms with E-state index in [1.54, 1.807) is 6.07 Å². The summed E-state index contributed by atoms with van der Waals surface area (Å²) in [6, 6.07) is 3.04. The molecule has 0 bridgehead atoms. The van der Waals surface area contributed by atoms with Gasteiger partial charge in [-0.05, 0) is 18.3 Å². The van der Waals surface area contributed by atoms with Crippen LogP contribution in [0.3, 0.4) is 0 Å². The second kappa shape index (κ2) is 4.67. The first-order valence-corrected chi connectivity index (χ1v) is 6.31. The number of nitrogen functional groups attached to an aromatic ring is 1. The molecular formula is C14H21FN2O. The van der Waals surface area contributed by atoms with E-state index >= 15 is 0 Å². The lowest BCUT2D eigenvalue weighted by molar-refractivity contribution is 0.280. The lowest BCUT2D eigenvalue weighted by atomic mass is 9.82. The molecule has 0 radical (unpaired) electrons. The highest BCUT2D eigenvalue weighted by Gasteiger charge is 2.26. The zero-order chi connectivity index (χ0) is 13.3. The summed E-state index contributed by atoms with van der Waals surface area (Å²) in [5.41, 5.74) is 7.65. The van der Waals surface area contributed by atoms with Crippen molar-refractivity contribution >= 4 is 11.4 Å². The molecule has 0 saturated carbocycles. The average Bonchev–Trinajstić information content (AvgIpc) is 2.30. The maximum absolute atomic E-state index is 13.5. The molecule has 1 fully saturated rings. The largest absolute Gasteiger partial charge is 0.494 e. The van der Waals surface area contributed by atoms with Gasteiger partial charge >= 0.3 is 0 Å². The van der Waals surface area contributed by atoms with Gasteiger partial charge in [-0.15, -0.1) is 0 Å². The summed E-state index contributed by atoms with van der Waals surface area (Å²) in [6.07, 6.45) is 2.23. The van der Waals surface area contributed by atoms with Crippen LogP contribution in [0.5, 0.6) is 5.75 Å². The molecule has 1 aliphatic rings. The Balaban J connectivity index is 2.24. The number of ether oxygens (including phenoxy) is 1. The van der Waals surface area contributed by atoms with E-state index in [9.17, 15) is 4.39 Å². The van der Waals surface area contributed by atoms with Gasteiger partial charge in [0.25, 0.3) is 0 Å². The maximum atomic E-state index is 13.5. The van der Waals surface area contributed by atoms with Gasteiger partial charge in [0.1, 0.15) is 0 Å². The Morgan fingerprint density at radius 1 is 1.28 bits per heavy atom. The highest BCUT2D eigenvalue weighted by atomic mass is 19.1. The summed E-state index contributed by atoms with van der Waals surface area (Å²) in [7, 11) is 1.47. The Labute approximate surface area is 108 Å². The highest BCUT2D eigenvalue weighted by Crippen LogP contribution is 2.36. The van der Waals surface area contributed by atoms with E-state index in [1.807, 2.05) is 0 Å². The van der Waals surface area contributed by atoms with E-state index in [0.29, 0.717) is 11.1 Å². The van der Waals surface area contributed by atoms with Crippen LogP contribution in [0.15, 0.2) is 12.1 Å². The van der Waals surface area contributed by atoms with E-state index in [0.717, 1.165) is 31.6 Å². The monoisotopic (exact) mass is 252 g/mol. The molecule has 0 aliphatic carbocycles. The normalized spacial score (nSPS) is 18.8. The Morgan fingerprint density at radius 2 is 1.89 bits per heavy atom. The summed E-state index contributed by atoms with van der Waals surface area (Å²) >= 11 is 0. The smallest absolute Gasteiger partial charge is 0.167 e. The van der Waals surface area contributed by atoms with Crippen LogP contribution >= 0.6 is 0 Å². The topological polar surface area (TPSA) is 38.5 Å². The predicted octanol–water partition coefficient (Wildman–Crippen LogP) is 3.04. The first-order valence-electron chi connectivity index (χ1n) is 6.31. The summed E-state index contributed by atoms with van der Waals surface area (Å²) in [5.74, 6) is -0.153. The van der Waals surface area contributed by atoms with Crippen molar-refractivity contribution in [2.75, 3.05) is 30.8 Å². The molecule has 2 rings (SSSR count). The fourth-order valence-corrected chi connectivity index (χ4v) is 2.34. The van der Waals surface area contributed by atoms with E-state index < -0.39 is 5.82 Å². The molecule has 0 aromatic heterocycles. The maximum Gasteiger partial charge on any atom is 0.167 e. The predicted molar refractivity (Wildman–Crippen MR) is 72.6 cm³/mol. The van der Waals surface area contributed by atoms with Crippen molar-refractivity contribution in [1.82, 2.24) is 0 Å². The highest BCUT2D eigenvalue weighted by molar-refractivity contribution is 5.70. The van der Waals surface area contributed by atoms with Gasteiger partial charge in [0.2, 0.25) is 0 Å². The second-order valence-corrected chi connectivity index (χ2v) is 5.70. The molecule has 18 heavy (non-hydrogen) atoms. The van der Waals surface area contributed by atoms with Crippen LogP contribution in [0.1, 0.15) is 26.7 Å². The Hall–Kier alpha value is -1.45. The molecule has 100 valence electrons. The summed E-state index contributed by atoms with van der Waals surface area (Å²) in [4.78, 5) is 2.21. The number of halogens is 1. The van der Waals surface area contributed by atoms with Crippen molar-refractivity contribution in [3.63, 3.8) is 0 Å². The molecule has 0 atom stereocenters. The molecule has 1 aliphatic heterocycles. The third kappa shape index (κ3) is 2.52. The lowest BCUT2D eigenvalue weighted by Crippen LogP contribution is -2.37. The van der Waals surface area contributed by atoms with E-state index in [4.69, 9.17) is 10.5 Å². The number of benzene rings is 1. The van der Waals surface area contributed by atoms with Crippen molar-refractivity contribution in [2.24, 2.45) is 5.41 Å². The molecule has 0 amide bonds. The van der Waals surface area contributed by atoms with Crippen molar-refractivity contribution in [3.05, 3.63) is 17.9 Å². The minimum Gasteiger partial charge on any atom is -0.494 e. The van der Waals surface area contributed by atoms with Crippen molar-refractivity contribution in [1.29, 1.82) is 0 Å². The Bertz CT molecular complexity index is 436. The number of rotatable bonds is 2. The molecule has 1 heterocycles. The summed E-state index contributed by atoms with van der Waals surface area (Å²) < 4.78 is 18.5. The SMILES string of the molecule is COc1cc(N2CCC(C)(C)CC2)c(N)cc1F. The Kier molecular flexibility index (Phi) is 3.37. The van der Waals surface area contributed by atoms with Crippen LogP contribution in [0, 0.1) is 11.2 Å². The van der Waals surface area contributed by atoms with Gasteiger partial charge in [-0.3, -0.25) is 0 Å². The summed E-state index contributed by atoms with van der Waals surface area (Å²) in [6.45, 7) is 6.45.